The average molecular weight is 391 g/mol. The van der Waals surface area contributed by atoms with E-state index in [0.717, 1.165) is 6.42 Å². The summed E-state index contributed by atoms with van der Waals surface area (Å²) in [6.07, 6.45) is 1.26. The molecule has 0 bridgehead atoms. The monoisotopic (exact) mass is 390 g/mol. The van der Waals surface area contributed by atoms with Gasteiger partial charge < -0.3 is 5.32 Å². The first kappa shape index (κ1) is 20.8. The van der Waals surface area contributed by atoms with E-state index in [0.29, 0.717) is 34.5 Å². The van der Waals surface area contributed by atoms with Gasteiger partial charge in [-0.1, -0.05) is 25.5 Å². The summed E-state index contributed by atoms with van der Waals surface area (Å²) in [4.78, 5) is 36.2. The quantitative estimate of drug-likeness (QED) is 0.423. The van der Waals surface area contributed by atoms with Crippen molar-refractivity contribution in [1.82, 2.24) is 5.32 Å². The number of nitrogens with zero attached hydrogens (tertiary/aromatic N) is 1. The van der Waals surface area contributed by atoms with Crippen molar-refractivity contribution < 1.29 is 14.5 Å². The van der Waals surface area contributed by atoms with E-state index in [1.54, 1.807) is 26.0 Å². The number of nitro groups is 1. The lowest BCUT2D eigenvalue weighted by molar-refractivity contribution is -0.384. The number of ketones is 2. The molecule has 0 amide bonds. The van der Waals surface area contributed by atoms with Crippen molar-refractivity contribution in [2.75, 3.05) is 0 Å². The van der Waals surface area contributed by atoms with E-state index in [1.807, 2.05) is 6.92 Å². The Bertz CT molecular complexity index is 857. The highest BCUT2D eigenvalue weighted by Crippen LogP contribution is 2.40. The fraction of sp³-hybridized carbons (Fsp3) is 0.400. The van der Waals surface area contributed by atoms with E-state index in [2.05, 4.69) is 5.32 Å². The number of hydrogen-bond acceptors (Lipinski definition) is 5. The molecule has 0 saturated heterocycles. The van der Waals surface area contributed by atoms with Crippen LogP contribution in [0.15, 0.2) is 46.8 Å². The maximum absolute atomic E-state index is 13.1. The van der Waals surface area contributed by atoms with Gasteiger partial charge in [0.25, 0.3) is 5.69 Å². The SMILES string of the molecule is CCCC(Cl)C(=O)C1=C(C)NC(C)=C(C(C)=O)C1c1cccc([N+](=O)[O-])c1. The van der Waals surface area contributed by atoms with Crippen molar-refractivity contribution in [3.63, 3.8) is 0 Å². The molecule has 2 rings (SSSR count). The van der Waals surface area contributed by atoms with E-state index in [4.69, 9.17) is 11.6 Å². The minimum Gasteiger partial charge on any atom is -0.362 e. The molecule has 1 N–H and O–H groups in total. The fourth-order valence-electron chi connectivity index (χ4n) is 3.49. The Labute approximate surface area is 163 Å². The third-order valence-corrected chi connectivity index (χ3v) is 5.06. The second kappa shape index (κ2) is 8.48. The Hall–Kier alpha value is -2.47. The molecule has 0 radical (unpaired) electrons. The number of halogens is 1. The summed E-state index contributed by atoms with van der Waals surface area (Å²) < 4.78 is 0. The molecule has 1 aliphatic rings. The summed E-state index contributed by atoms with van der Waals surface area (Å²) in [6.45, 7) is 6.88. The number of alkyl halides is 1. The Balaban J connectivity index is 2.68. The summed E-state index contributed by atoms with van der Waals surface area (Å²) in [5.41, 5.74) is 2.49. The Morgan fingerprint density at radius 2 is 1.89 bits per heavy atom. The van der Waals surface area contributed by atoms with Gasteiger partial charge in [-0.15, -0.1) is 11.6 Å². The van der Waals surface area contributed by atoms with Gasteiger partial charge in [-0.05, 0) is 32.8 Å². The summed E-state index contributed by atoms with van der Waals surface area (Å²) in [5, 5.41) is 13.6. The highest BCUT2D eigenvalue weighted by atomic mass is 35.5. The zero-order chi connectivity index (χ0) is 20.3. The largest absolute Gasteiger partial charge is 0.362 e. The maximum atomic E-state index is 13.1. The van der Waals surface area contributed by atoms with E-state index >= 15 is 0 Å². The van der Waals surface area contributed by atoms with Gasteiger partial charge in [-0.2, -0.15) is 0 Å². The molecule has 0 spiro atoms. The second-order valence-corrected chi connectivity index (χ2v) is 7.19. The Morgan fingerprint density at radius 1 is 1.26 bits per heavy atom. The van der Waals surface area contributed by atoms with Crippen LogP contribution in [0.3, 0.4) is 0 Å². The first-order chi connectivity index (χ1) is 12.7. The number of allylic oxidation sites excluding steroid dienone is 4. The number of nitrogens with one attached hydrogen (secondary N) is 1. The molecular weight excluding hydrogens is 368 g/mol. The molecule has 7 heteroatoms. The highest BCUT2D eigenvalue weighted by molar-refractivity contribution is 6.34. The molecular formula is C20H23ClN2O4. The topological polar surface area (TPSA) is 89.3 Å². The van der Waals surface area contributed by atoms with Crippen LogP contribution in [0.2, 0.25) is 0 Å². The third kappa shape index (κ3) is 4.27. The van der Waals surface area contributed by atoms with E-state index in [1.165, 1.54) is 19.1 Å². The van der Waals surface area contributed by atoms with Crippen molar-refractivity contribution in [2.24, 2.45) is 0 Å². The summed E-state index contributed by atoms with van der Waals surface area (Å²) >= 11 is 6.31. The number of carbonyl (C=O) groups excluding carboxylic acids is 2. The number of Topliss-reactive ketones (excluding diaryl/α,β-unsaturated/α-hetero) is 2. The van der Waals surface area contributed by atoms with Crippen molar-refractivity contribution in [1.29, 1.82) is 0 Å². The number of carbonyl (C=O) groups is 2. The van der Waals surface area contributed by atoms with E-state index in [-0.39, 0.29) is 17.3 Å². The molecule has 2 atom stereocenters. The fourth-order valence-corrected chi connectivity index (χ4v) is 3.83. The normalized spacial score (nSPS) is 18.2. The van der Waals surface area contributed by atoms with Gasteiger partial charge in [-0.25, -0.2) is 0 Å². The highest BCUT2D eigenvalue weighted by Gasteiger charge is 2.37. The van der Waals surface area contributed by atoms with Crippen LogP contribution in [0.4, 0.5) is 5.69 Å². The number of benzene rings is 1. The molecule has 0 fully saturated rings. The minimum absolute atomic E-state index is 0.0907. The molecule has 1 aromatic rings. The lowest BCUT2D eigenvalue weighted by Gasteiger charge is -2.31. The molecule has 0 saturated carbocycles. The van der Waals surface area contributed by atoms with Crippen molar-refractivity contribution in [2.45, 2.75) is 51.8 Å². The molecule has 1 aliphatic heterocycles. The predicted molar refractivity (Wildman–Crippen MR) is 105 cm³/mol. The molecule has 2 unspecified atom stereocenters. The number of nitro benzene ring substituents is 1. The summed E-state index contributed by atoms with van der Waals surface area (Å²) in [7, 11) is 0. The number of rotatable bonds is 7. The standard InChI is InChI=1S/C20H23ClN2O4/c1-5-7-16(21)20(25)18-12(3)22-11(2)17(13(4)24)19(18)14-8-6-9-15(10-14)23(26)27/h6,8-10,16,19,22H,5,7H2,1-4H3. The van der Waals surface area contributed by atoms with Crippen LogP contribution in [0, 0.1) is 10.1 Å². The zero-order valence-electron chi connectivity index (χ0n) is 15.8. The molecule has 6 nitrogen and oxygen atoms in total. The number of non-ortho nitro benzene ring substituents is 1. The predicted octanol–water partition coefficient (Wildman–Crippen LogP) is 4.40. The average Bonchev–Trinajstić information content (AvgIpc) is 2.60. The van der Waals surface area contributed by atoms with Crippen LogP contribution < -0.4 is 5.32 Å². The number of dihydropyridines is 1. The van der Waals surface area contributed by atoms with Gasteiger partial charge >= 0.3 is 0 Å². The smallest absolute Gasteiger partial charge is 0.269 e. The number of hydrogen-bond donors (Lipinski definition) is 1. The van der Waals surface area contributed by atoms with Crippen LogP contribution in [0.5, 0.6) is 0 Å². The Kier molecular flexibility index (Phi) is 6.54. The summed E-state index contributed by atoms with van der Waals surface area (Å²) in [5.74, 6) is -1.14. The van der Waals surface area contributed by atoms with Crippen molar-refractivity contribution in [3.05, 3.63) is 62.5 Å². The lowest BCUT2D eigenvalue weighted by atomic mass is 9.76. The van der Waals surface area contributed by atoms with Crippen LogP contribution in [0.1, 0.15) is 52.0 Å². The third-order valence-electron chi connectivity index (χ3n) is 4.65. The van der Waals surface area contributed by atoms with Crippen LogP contribution in [-0.4, -0.2) is 21.9 Å². The van der Waals surface area contributed by atoms with Crippen molar-refractivity contribution in [3.8, 4) is 0 Å². The van der Waals surface area contributed by atoms with Gasteiger partial charge in [0.1, 0.15) is 0 Å². The van der Waals surface area contributed by atoms with E-state index < -0.39 is 16.2 Å². The van der Waals surface area contributed by atoms with Crippen LogP contribution in [-0.2, 0) is 9.59 Å². The molecule has 0 aromatic heterocycles. The molecule has 0 aliphatic carbocycles. The maximum Gasteiger partial charge on any atom is 0.269 e. The molecule has 1 heterocycles. The first-order valence-corrected chi connectivity index (χ1v) is 9.24. The minimum atomic E-state index is -0.713. The molecule has 1 aromatic carbocycles. The van der Waals surface area contributed by atoms with Gasteiger partial charge in [0.15, 0.2) is 11.6 Å². The second-order valence-electron chi connectivity index (χ2n) is 6.66. The zero-order valence-corrected chi connectivity index (χ0v) is 16.6. The van der Waals surface area contributed by atoms with Gasteiger partial charge in [0.2, 0.25) is 0 Å². The van der Waals surface area contributed by atoms with Crippen molar-refractivity contribution >= 4 is 28.9 Å². The van der Waals surface area contributed by atoms with Crippen LogP contribution in [0.25, 0.3) is 0 Å². The first-order valence-electron chi connectivity index (χ1n) is 8.81. The molecule has 144 valence electrons. The Morgan fingerprint density at radius 3 is 2.44 bits per heavy atom. The van der Waals surface area contributed by atoms with Gasteiger partial charge in [-0.3, -0.25) is 19.7 Å². The summed E-state index contributed by atoms with van der Waals surface area (Å²) in [6, 6.07) is 6.05. The van der Waals surface area contributed by atoms with Gasteiger partial charge in [0, 0.05) is 40.6 Å². The van der Waals surface area contributed by atoms with Gasteiger partial charge in [0.05, 0.1) is 10.3 Å². The van der Waals surface area contributed by atoms with Crippen LogP contribution >= 0.6 is 11.6 Å². The lowest BCUT2D eigenvalue weighted by Crippen LogP contribution is -2.33. The molecule has 27 heavy (non-hydrogen) atoms. The van der Waals surface area contributed by atoms with E-state index in [9.17, 15) is 19.7 Å².